The van der Waals surface area contributed by atoms with Crippen LogP contribution < -0.4 is 21.8 Å². The Hall–Kier alpha value is -5.46. The van der Waals surface area contributed by atoms with Crippen LogP contribution >= 0.6 is 0 Å². The fourth-order valence-electron chi connectivity index (χ4n) is 5.22. The van der Waals surface area contributed by atoms with E-state index in [0.29, 0.717) is 58.6 Å². The van der Waals surface area contributed by atoms with Gasteiger partial charge in [-0.1, -0.05) is 38.1 Å². The van der Waals surface area contributed by atoms with E-state index in [1.807, 2.05) is 62.4 Å². The standard InChI is InChI=1S/C32H28N6O4.2C2H6O/c1-3-17-33-31-35-25-21-9-5-7-11-23(21)41-27(25)29(39)37(31)19-13-15-20(16-14-19)38-30(40)28-26(36-32(38)34-18-4-2)22-10-6-8-12-24(22)42-28;2*1-2-3/h5-16H,3-4,17-18H2,1-2H3,(H,33,35)(H,34,36);2*3H,2H2,1H3. The third-order valence-electron chi connectivity index (χ3n) is 7.22. The number of hydrogen-bond donors (Lipinski definition) is 4. The Labute approximate surface area is 276 Å². The summed E-state index contributed by atoms with van der Waals surface area (Å²) < 4.78 is 14.9. The molecule has 4 aromatic heterocycles. The molecule has 0 saturated heterocycles. The maximum atomic E-state index is 13.8. The zero-order valence-corrected chi connectivity index (χ0v) is 27.5. The lowest BCUT2D eigenvalue weighted by Gasteiger charge is -2.16. The number of benzene rings is 3. The summed E-state index contributed by atoms with van der Waals surface area (Å²) in [6.45, 7) is 9.23. The number of fused-ring (bicyclic) bond motifs is 6. The van der Waals surface area contributed by atoms with E-state index in [-0.39, 0.29) is 35.5 Å². The first-order chi connectivity index (χ1) is 23.4. The summed E-state index contributed by atoms with van der Waals surface area (Å²) in [5.74, 6) is 0.836. The van der Waals surface area contributed by atoms with Crippen LogP contribution in [-0.4, -0.2) is 55.6 Å². The molecule has 0 aliphatic rings. The number of rotatable bonds is 8. The van der Waals surface area contributed by atoms with Crippen molar-refractivity contribution in [2.45, 2.75) is 40.5 Å². The van der Waals surface area contributed by atoms with Crippen LogP contribution in [0.1, 0.15) is 40.5 Å². The number of hydrogen-bond acceptors (Lipinski definition) is 10. The maximum absolute atomic E-state index is 13.8. The molecular formula is C36H40N6O6. The number of aliphatic hydroxyl groups is 2. The van der Waals surface area contributed by atoms with E-state index in [4.69, 9.17) is 29.0 Å². The molecule has 4 heterocycles. The molecule has 0 atom stereocenters. The van der Waals surface area contributed by atoms with Crippen molar-refractivity contribution in [2.75, 3.05) is 36.9 Å². The summed E-state index contributed by atoms with van der Waals surface area (Å²) in [6.07, 6.45) is 1.71. The first kappa shape index (κ1) is 33.9. The lowest BCUT2D eigenvalue weighted by Crippen LogP contribution is -2.25. The van der Waals surface area contributed by atoms with E-state index < -0.39 is 0 Å². The summed E-state index contributed by atoms with van der Waals surface area (Å²) in [5, 5.41) is 23.3. The molecule has 7 aromatic rings. The summed E-state index contributed by atoms with van der Waals surface area (Å²) in [7, 11) is 0. The van der Waals surface area contributed by atoms with Crippen molar-refractivity contribution >= 4 is 56.0 Å². The number of aromatic nitrogens is 4. The Bertz CT molecular complexity index is 2110. The second-order valence-corrected chi connectivity index (χ2v) is 10.7. The molecule has 250 valence electrons. The summed E-state index contributed by atoms with van der Waals surface area (Å²) in [4.78, 5) is 37.2. The molecule has 0 aliphatic carbocycles. The Morgan fingerprint density at radius 2 is 0.958 bits per heavy atom. The third kappa shape index (κ3) is 6.53. The van der Waals surface area contributed by atoms with E-state index in [0.717, 1.165) is 23.6 Å². The van der Waals surface area contributed by atoms with Crippen LogP contribution in [0, 0.1) is 0 Å². The molecule has 12 nitrogen and oxygen atoms in total. The summed E-state index contributed by atoms with van der Waals surface area (Å²) in [5.41, 5.74) is 3.12. The van der Waals surface area contributed by atoms with Crippen molar-refractivity contribution in [3.63, 3.8) is 0 Å². The highest BCUT2D eigenvalue weighted by molar-refractivity contribution is 6.03. The van der Waals surface area contributed by atoms with Gasteiger partial charge in [0.05, 0.1) is 11.4 Å². The van der Waals surface area contributed by atoms with Crippen LogP contribution in [0.15, 0.2) is 91.2 Å². The van der Waals surface area contributed by atoms with Crippen molar-refractivity contribution < 1.29 is 19.0 Å². The number of anilines is 2. The van der Waals surface area contributed by atoms with Gasteiger partial charge in [0.25, 0.3) is 0 Å². The normalized spacial score (nSPS) is 11.0. The van der Waals surface area contributed by atoms with Crippen molar-refractivity contribution in [3.8, 4) is 11.4 Å². The molecule has 0 radical (unpaired) electrons. The van der Waals surface area contributed by atoms with Gasteiger partial charge in [0.2, 0.25) is 23.1 Å². The molecule has 48 heavy (non-hydrogen) atoms. The predicted molar refractivity (Wildman–Crippen MR) is 191 cm³/mol. The van der Waals surface area contributed by atoms with Gasteiger partial charge in [-0.15, -0.1) is 0 Å². The van der Waals surface area contributed by atoms with Crippen LogP contribution in [0.2, 0.25) is 0 Å². The molecule has 0 aliphatic heterocycles. The fourth-order valence-corrected chi connectivity index (χ4v) is 5.22. The molecule has 0 bridgehead atoms. The molecule has 0 unspecified atom stereocenters. The van der Waals surface area contributed by atoms with E-state index in [2.05, 4.69) is 10.6 Å². The number of nitrogens with zero attached hydrogens (tertiary/aromatic N) is 4. The van der Waals surface area contributed by atoms with Crippen molar-refractivity contribution in [3.05, 3.63) is 93.5 Å². The molecule has 0 spiro atoms. The SMILES string of the molecule is CCCNc1nc2c(oc3ccccc32)c(=O)n1-c1ccc(-n2c(NCCC)nc3c(oc4ccccc43)c2=O)cc1.CCO.CCO. The zero-order chi connectivity index (χ0) is 34.2. The quantitative estimate of drug-likeness (QED) is 0.148. The number of furan rings is 2. The molecule has 4 N–H and O–H groups in total. The van der Waals surface area contributed by atoms with Crippen LogP contribution in [0.4, 0.5) is 11.9 Å². The number of para-hydroxylation sites is 2. The van der Waals surface area contributed by atoms with Gasteiger partial charge in [0, 0.05) is 37.1 Å². The van der Waals surface area contributed by atoms with Gasteiger partial charge in [-0.05, 0) is 75.2 Å². The monoisotopic (exact) mass is 652 g/mol. The molecule has 12 heteroatoms. The van der Waals surface area contributed by atoms with Gasteiger partial charge in [-0.25, -0.2) is 19.1 Å². The number of aliphatic hydroxyl groups excluding tert-OH is 2. The topological polar surface area (TPSA) is 161 Å². The highest BCUT2D eigenvalue weighted by Crippen LogP contribution is 2.29. The molecule has 0 fully saturated rings. The largest absolute Gasteiger partial charge is 0.448 e. The second-order valence-electron chi connectivity index (χ2n) is 10.7. The minimum Gasteiger partial charge on any atom is -0.448 e. The first-order valence-corrected chi connectivity index (χ1v) is 16.1. The Morgan fingerprint density at radius 3 is 1.31 bits per heavy atom. The highest BCUT2D eigenvalue weighted by Gasteiger charge is 2.21. The van der Waals surface area contributed by atoms with Crippen LogP contribution in [0.25, 0.3) is 55.5 Å². The second kappa shape index (κ2) is 15.4. The average molecular weight is 653 g/mol. The lowest BCUT2D eigenvalue weighted by atomic mass is 10.2. The van der Waals surface area contributed by atoms with E-state index >= 15 is 0 Å². The van der Waals surface area contributed by atoms with Gasteiger partial charge < -0.3 is 29.7 Å². The van der Waals surface area contributed by atoms with Crippen LogP contribution in [-0.2, 0) is 0 Å². The van der Waals surface area contributed by atoms with Gasteiger partial charge >= 0.3 is 11.1 Å². The van der Waals surface area contributed by atoms with Gasteiger partial charge in [-0.2, -0.15) is 0 Å². The minimum atomic E-state index is -0.324. The minimum absolute atomic E-state index is 0.184. The Morgan fingerprint density at radius 1 is 0.604 bits per heavy atom. The predicted octanol–water partition coefficient (Wildman–Crippen LogP) is 6.22. The molecule has 7 rings (SSSR count). The van der Waals surface area contributed by atoms with Crippen LogP contribution in [0.5, 0.6) is 0 Å². The Balaban J connectivity index is 0.000000701. The van der Waals surface area contributed by atoms with E-state index in [9.17, 15) is 9.59 Å². The van der Waals surface area contributed by atoms with Crippen molar-refractivity contribution in [2.24, 2.45) is 0 Å². The van der Waals surface area contributed by atoms with Gasteiger partial charge in [-0.3, -0.25) is 9.59 Å². The third-order valence-corrected chi connectivity index (χ3v) is 7.22. The van der Waals surface area contributed by atoms with Gasteiger partial charge in [0.15, 0.2) is 0 Å². The fraction of sp³-hybridized carbons (Fsp3) is 0.278. The van der Waals surface area contributed by atoms with Crippen molar-refractivity contribution in [1.29, 1.82) is 0 Å². The average Bonchev–Trinajstić information content (AvgIpc) is 3.67. The molecule has 3 aromatic carbocycles. The number of nitrogens with one attached hydrogen (secondary N) is 2. The lowest BCUT2D eigenvalue weighted by molar-refractivity contribution is 0.318. The summed E-state index contributed by atoms with van der Waals surface area (Å²) >= 11 is 0. The Kier molecular flexibility index (Phi) is 10.9. The highest BCUT2D eigenvalue weighted by atomic mass is 16.3. The smallest absolute Gasteiger partial charge is 0.303 e. The molecule has 0 amide bonds. The van der Waals surface area contributed by atoms with Gasteiger partial charge in [0.1, 0.15) is 22.2 Å². The summed E-state index contributed by atoms with van der Waals surface area (Å²) in [6, 6.07) is 22.1. The zero-order valence-electron chi connectivity index (χ0n) is 27.5. The van der Waals surface area contributed by atoms with E-state index in [1.165, 1.54) is 9.13 Å². The molecular weight excluding hydrogens is 612 g/mol. The first-order valence-electron chi connectivity index (χ1n) is 16.1. The van der Waals surface area contributed by atoms with Crippen LogP contribution in [0.3, 0.4) is 0 Å². The van der Waals surface area contributed by atoms with Crippen molar-refractivity contribution in [1.82, 2.24) is 19.1 Å². The maximum Gasteiger partial charge on any atom is 0.303 e. The molecule has 0 saturated carbocycles. The van der Waals surface area contributed by atoms with E-state index in [1.54, 1.807) is 38.1 Å².